The fourth-order valence-corrected chi connectivity index (χ4v) is 5.82. The second kappa shape index (κ2) is 7.92. The smallest absolute Gasteiger partial charge is 0.265 e. The normalized spacial score (nSPS) is 18.2. The third kappa shape index (κ3) is 4.45. The molecule has 1 aromatic heterocycles. The molecule has 1 saturated heterocycles. The Labute approximate surface area is 163 Å². The van der Waals surface area contributed by atoms with Crippen LogP contribution in [0.25, 0.3) is 0 Å². The third-order valence-corrected chi connectivity index (χ3v) is 7.53. The lowest BCUT2D eigenvalue weighted by Gasteiger charge is -2.29. The van der Waals surface area contributed by atoms with E-state index in [1.54, 1.807) is 24.3 Å². The standard InChI is InChI=1S/C19H22N2O4S2/c1-13-4-3-9-21(11-13)27(24,25)17-10-18(26-12-17)19(23)20-16-7-5-15(6-8-16)14(2)22/h5-8,10,12-13H,3-4,9,11H2,1-2H3,(H,20,23). The Hall–Kier alpha value is -2.03. The molecule has 6 nitrogen and oxygen atoms in total. The highest BCUT2D eigenvalue weighted by Gasteiger charge is 2.30. The minimum Gasteiger partial charge on any atom is -0.321 e. The molecule has 27 heavy (non-hydrogen) atoms. The van der Waals surface area contributed by atoms with Gasteiger partial charge in [0, 0.05) is 29.7 Å². The van der Waals surface area contributed by atoms with Crippen molar-refractivity contribution in [2.24, 2.45) is 5.92 Å². The van der Waals surface area contributed by atoms with E-state index in [4.69, 9.17) is 0 Å². The van der Waals surface area contributed by atoms with Gasteiger partial charge in [-0.1, -0.05) is 6.92 Å². The van der Waals surface area contributed by atoms with Crippen molar-refractivity contribution in [1.29, 1.82) is 0 Å². The van der Waals surface area contributed by atoms with Gasteiger partial charge in [0.25, 0.3) is 5.91 Å². The fraction of sp³-hybridized carbons (Fsp3) is 0.368. The summed E-state index contributed by atoms with van der Waals surface area (Å²) >= 11 is 1.10. The number of rotatable bonds is 5. The predicted molar refractivity (Wildman–Crippen MR) is 106 cm³/mol. The first kappa shape index (κ1) is 19.7. The number of nitrogens with zero attached hydrogens (tertiary/aromatic N) is 1. The number of ketones is 1. The van der Waals surface area contributed by atoms with Crippen molar-refractivity contribution < 1.29 is 18.0 Å². The molecule has 0 aliphatic carbocycles. The van der Waals surface area contributed by atoms with Gasteiger partial charge in [0.1, 0.15) is 0 Å². The Balaban J connectivity index is 1.72. The number of anilines is 1. The summed E-state index contributed by atoms with van der Waals surface area (Å²) in [7, 11) is -3.57. The monoisotopic (exact) mass is 406 g/mol. The summed E-state index contributed by atoms with van der Waals surface area (Å²) in [4.78, 5) is 24.2. The number of nitrogens with one attached hydrogen (secondary N) is 1. The van der Waals surface area contributed by atoms with E-state index in [-0.39, 0.29) is 16.6 Å². The molecule has 144 valence electrons. The zero-order chi connectivity index (χ0) is 19.6. The summed E-state index contributed by atoms with van der Waals surface area (Å²) in [6.45, 7) is 4.56. The molecule has 1 fully saturated rings. The minimum atomic E-state index is -3.57. The summed E-state index contributed by atoms with van der Waals surface area (Å²) in [5, 5.41) is 4.24. The van der Waals surface area contributed by atoms with Crippen molar-refractivity contribution in [3.8, 4) is 0 Å². The van der Waals surface area contributed by atoms with Gasteiger partial charge in [-0.15, -0.1) is 11.3 Å². The number of benzene rings is 1. The molecular weight excluding hydrogens is 384 g/mol. The van der Waals surface area contributed by atoms with E-state index in [9.17, 15) is 18.0 Å². The van der Waals surface area contributed by atoms with Crippen LogP contribution in [0.4, 0.5) is 5.69 Å². The molecule has 1 N–H and O–H groups in total. The maximum atomic E-state index is 12.8. The van der Waals surface area contributed by atoms with Gasteiger partial charge in [0.05, 0.1) is 9.77 Å². The summed E-state index contributed by atoms with van der Waals surface area (Å²) < 4.78 is 27.1. The zero-order valence-electron chi connectivity index (χ0n) is 15.3. The van der Waals surface area contributed by atoms with Gasteiger partial charge >= 0.3 is 0 Å². The molecule has 1 aliphatic rings. The largest absolute Gasteiger partial charge is 0.321 e. The average molecular weight is 407 g/mol. The van der Waals surface area contributed by atoms with E-state index in [1.807, 2.05) is 6.92 Å². The first-order valence-corrected chi connectivity index (χ1v) is 11.1. The molecule has 1 aromatic carbocycles. The second-order valence-electron chi connectivity index (χ2n) is 6.84. The van der Waals surface area contributed by atoms with Crippen LogP contribution in [0.3, 0.4) is 0 Å². The van der Waals surface area contributed by atoms with Gasteiger partial charge in [-0.25, -0.2) is 8.42 Å². The Morgan fingerprint density at radius 3 is 2.56 bits per heavy atom. The molecule has 3 rings (SSSR count). The number of carbonyl (C=O) groups excluding carboxylic acids is 2. The molecule has 0 radical (unpaired) electrons. The molecular formula is C19H22N2O4S2. The first-order chi connectivity index (χ1) is 12.8. The number of amides is 1. The number of Topliss-reactive ketones (excluding diaryl/α,β-unsaturated/α-hetero) is 1. The van der Waals surface area contributed by atoms with Crippen LogP contribution in [0.5, 0.6) is 0 Å². The lowest BCUT2D eigenvalue weighted by Crippen LogP contribution is -2.38. The van der Waals surface area contributed by atoms with Crippen LogP contribution < -0.4 is 5.32 Å². The number of sulfonamides is 1. The van der Waals surface area contributed by atoms with E-state index in [0.29, 0.717) is 35.1 Å². The minimum absolute atomic E-state index is 0.0481. The van der Waals surface area contributed by atoms with Gasteiger partial charge in [0.15, 0.2) is 5.78 Å². The molecule has 8 heteroatoms. The molecule has 0 spiro atoms. The SMILES string of the molecule is CC(=O)c1ccc(NC(=O)c2cc(S(=O)(=O)N3CCCC(C)C3)cs2)cc1. The fourth-order valence-electron chi connectivity index (χ4n) is 3.07. The summed E-state index contributed by atoms with van der Waals surface area (Å²) in [5.74, 6) is -0.0787. The number of carbonyl (C=O) groups is 2. The Morgan fingerprint density at radius 1 is 1.22 bits per heavy atom. The van der Waals surface area contributed by atoms with Crippen LogP contribution in [0.1, 0.15) is 46.7 Å². The van der Waals surface area contributed by atoms with Gasteiger partial charge < -0.3 is 5.32 Å². The van der Waals surface area contributed by atoms with Crippen LogP contribution in [0.2, 0.25) is 0 Å². The molecule has 2 heterocycles. The highest BCUT2D eigenvalue weighted by Crippen LogP contribution is 2.27. The van der Waals surface area contributed by atoms with Gasteiger partial charge in [0.2, 0.25) is 10.0 Å². The van der Waals surface area contributed by atoms with Crippen molar-refractivity contribution in [3.63, 3.8) is 0 Å². The Bertz CT molecular complexity index is 948. The predicted octanol–water partition coefficient (Wildman–Crippen LogP) is 3.62. The third-order valence-electron chi connectivity index (χ3n) is 4.61. The molecule has 1 unspecified atom stereocenters. The van der Waals surface area contributed by atoms with Gasteiger partial charge in [-0.05, 0) is 56.0 Å². The van der Waals surface area contributed by atoms with Crippen LogP contribution in [0.15, 0.2) is 40.6 Å². The van der Waals surface area contributed by atoms with Crippen LogP contribution in [-0.2, 0) is 10.0 Å². The molecule has 2 aromatic rings. The first-order valence-electron chi connectivity index (χ1n) is 8.78. The molecule has 0 saturated carbocycles. The number of hydrogen-bond donors (Lipinski definition) is 1. The van der Waals surface area contributed by atoms with E-state index in [2.05, 4.69) is 5.32 Å². The van der Waals surface area contributed by atoms with Gasteiger partial charge in [-0.3, -0.25) is 9.59 Å². The molecule has 1 amide bonds. The highest BCUT2D eigenvalue weighted by molar-refractivity contribution is 7.89. The maximum Gasteiger partial charge on any atom is 0.265 e. The summed E-state index contributed by atoms with van der Waals surface area (Å²) in [6.07, 6.45) is 1.89. The summed E-state index contributed by atoms with van der Waals surface area (Å²) in [5.41, 5.74) is 1.11. The lowest BCUT2D eigenvalue weighted by molar-refractivity contribution is 0.101. The topological polar surface area (TPSA) is 83.5 Å². The van der Waals surface area contributed by atoms with E-state index >= 15 is 0 Å². The van der Waals surface area contributed by atoms with Crippen molar-refractivity contribution in [2.75, 3.05) is 18.4 Å². The average Bonchev–Trinajstić information content (AvgIpc) is 3.13. The van der Waals surface area contributed by atoms with Crippen LogP contribution in [0, 0.1) is 5.92 Å². The molecule has 0 bridgehead atoms. The molecule has 1 atom stereocenters. The Kier molecular flexibility index (Phi) is 5.78. The molecule has 1 aliphatic heterocycles. The van der Waals surface area contributed by atoms with Gasteiger partial charge in [-0.2, -0.15) is 4.31 Å². The quantitative estimate of drug-likeness (QED) is 0.769. The van der Waals surface area contributed by atoms with Crippen LogP contribution >= 0.6 is 11.3 Å². The summed E-state index contributed by atoms with van der Waals surface area (Å²) in [6, 6.07) is 8.00. The van der Waals surface area contributed by atoms with Crippen molar-refractivity contribution in [3.05, 3.63) is 46.2 Å². The van der Waals surface area contributed by atoms with Crippen molar-refractivity contribution in [1.82, 2.24) is 4.31 Å². The maximum absolute atomic E-state index is 12.8. The lowest BCUT2D eigenvalue weighted by atomic mass is 10.0. The zero-order valence-corrected chi connectivity index (χ0v) is 16.9. The van der Waals surface area contributed by atoms with Crippen molar-refractivity contribution >= 4 is 38.7 Å². The van der Waals surface area contributed by atoms with Crippen LogP contribution in [-0.4, -0.2) is 37.5 Å². The van der Waals surface area contributed by atoms with E-state index in [1.165, 1.54) is 22.7 Å². The second-order valence-corrected chi connectivity index (χ2v) is 9.69. The van der Waals surface area contributed by atoms with E-state index in [0.717, 1.165) is 24.2 Å². The Morgan fingerprint density at radius 2 is 1.93 bits per heavy atom. The number of thiophene rings is 1. The number of hydrogen-bond acceptors (Lipinski definition) is 5. The number of piperidine rings is 1. The van der Waals surface area contributed by atoms with E-state index < -0.39 is 10.0 Å². The van der Waals surface area contributed by atoms with Crippen molar-refractivity contribution in [2.45, 2.75) is 31.6 Å². The highest BCUT2D eigenvalue weighted by atomic mass is 32.2.